The second-order valence-corrected chi connectivity index (χ2v) is 5.09. The Kier molecular flexibility index (Phi) is 7.26. The quantitative estimate of drug-likeness (QED) is 0.510. The molecule has 0 aliphatic heterocycles. The van der Waals surface area contributed by atoms with Crippen molar-refractivity contribution >= 4 is 29.8 Å². The normalized spacial score (nSPS) is 12.2. The molecule has 2 amide bonds. The Labute approximate surface area is 142 Å². The highest BCUT2D eigenvalue weighted by atomic mass is 19.1. The van der Waals surface area contributed by atoms with Crippen molar-refractivity contribution in [1.29, 1.82) is 0 Å². The molecule has 0 aromatic heterocycles. The van der Waals surface area contributed by atoms with Crippen molar-refractivity contribution < 1.29 is 33.8 Å². The monoisotopic (exact) mass is 352 g/mol. The average molecular weight is 352 g/mol. The molecule has 0 heterocycles. The molecule has 0 radical (unpaired) electrons. The number of carbonyl (C=O) groups excluding carboxylic acids is 2. The number of hydrogen-bond acceptors (Lipinski definition) is 4. The molecule has 0 saturated carbocycles. The number of carboxylic acids is 2. The molecule has 0 fully saturated rings. The van der Waals surface area contributed by atoms with Gasteiger partial charge in [0.05, 0.1) is 0 Å². The fraction of sp³-hybridized carbons (Fsp3) is 0.250. The van der Waals surface area contributed by atoms with E-state index in [0.717, 1.165) is 19.1 Å². The summed E-state index contributed by atoms with van der Waals surface area (Å²) in [7, 11) is 0. The zero-order valence-electron chi connectivity index (χ0n) is 13.3. The first-order valence-electron chi connectivity index (χ1n) is 7.19. The van der Waals surface area contributed by atoms with Crippen LogP contribution < -0.4 is 10.6 Å². The van der Waals surface area contributed by atoms with Crippen LogP contribution in [0.25, 0.3) is 6.08 Å². The van der Waals surface area contributed by atoms with Gasteiger partial charge >= 0.3 is 11.9 Å². The number of rotatable bonds is 8. The van der Waals surface area contributed by atoms with Gasteiger partial charge in [0, 0.05) is 13.3 Å². The summed E-state index contributed by atoms with van der Waals surface area (Å²) in [6.45, 7) is 1.16. The molecule has 4 N–H and O–H groups in total. The molecule has 1 rings (SSSR count). The lowest BCUT2D eigenvalue weighted by Crippen LogP contribution is -2.44. The number of carbonyl (C=O) groups is 4. The van der Waals surface area contributed by atoms with Gasteiger partial charge in [-0.1, -0.05) is 12.1 Å². The summed E-state index contributed by atoms with van der Waals surface area (Å²) in [6, 6.07) is 3.60. The summed E-state index contributed by atoms with van der Waals surface area (Å²) >= 11 is 0. The van der Waals surface area contributed by atoms with E-state index in [4.69, 9.17) is 10.2 Å². The molecule has 0 bridgehead atoms. The molecule has 134 valence electrons. The Morgan fingerprint density at radius 2 is 1.76 bits per heavy atom. The SMILES string of the molecule is CC(=O)N/C(=C\c1ccc(F)cc1)C(=O)NC(CCC(=O)O)C(=O)O. The largest absolute Gasteiger partial charge is 0.481 e. The topological polar surface area (TPSA) is 133 Å². The van der Waals surface area contributed by atoms with Crippen molar-refractivity contribution in [2.24, 2.45) is 0 Å². The Bertz CT molecular complexity index is 699. The van der Waals surface area contributed by atoms with E-state index in [9.17, 15) is 23.6 Å². The Morgan fingerprint density at radius 3 is 2.24 bits per heavy atom. The van der Waals surface area contributed by atoms with Gasteiger partial charge in [0.15, 0.2) is 0 Å². The van der Waals surface area contributed by atoms with Crippen molar-refractivity contribution in [3.63, 3.8) is 0 Å². The molecular formula is C16H17FN2O6. The lowest BCUT2D eigenvalue weighted by atomic mass is 10.1. The first kappa shape index (κ1) is 19.8. The van der Waals surface area contributed by atoms with Gasteiger partial charge in [-0.3, -0.25) is 14.4 Å². The lowest BCUT2D eigenvalue weighted by molar-refractivity contribution is -0.142. The third kappa shape index (κ3) is 7.25. The van der Waals surface area contributed by atoms with E-state index >= 15 is 0 Å². The van der Waals surface area contributed by atoms with Gasteiger partial charge < -0.3 is 20.8 Å². The molecule has 9 heteroatoms. The summed E-state index contributed by atoms with van der Waals surface area (Å²) in [5.41, 5.74) is 0.151. The Morgan fingerprint density at radius 1 is 1.16 bits per heavy atom. The zero-order chi connectivity index (χ0) is 19.0. The lowest BCUT2D eigenvalue weighted by Gasteiger charge is -2.15. The first-order valence-corrected chi connectivity index (χ1v) is 7.19. The van der Waals surface area contributed by atoms with Crippen molar-refractivity contribution in [3.8, 4) is 0 Å². The second kappa shape index (κ2) is 9.16. The number of halogens is 1. The number of carboxylic acid groups (broad SMARTS) is 2. The van der Waals surface area contributed by atoms with Gasteiger partial charge in [0.1, 0.15) is 17.6 Å². The van der Waals surface area contributed by atoms with E-state index in [2.05, 4.69) is 10.6 Å². The van der Waals surface area contributed by atoms with Gasteiger partial charge in [-0.15, -0.1) is 0 Å². The van der Waals surface area contributed by atoms with E-state index in [1.165, 1.54) is 18.2 Å². The minimum absolute atomic E-state index is 0.249. The Hall–Kier alpha value is -3.23. The van der Waals surface area contributed by atoms with Crippen LogP contribution in [0.2, 0.25) is 0 Å². The van der Waals surface area contributed by atoms with Gasteiger partial charge in [0.25, 0.3) is 5.91 Å². The smallest absolute Gasteiger partial charge is 0.326 e. The van der Waals surface area contributed by atoms with E-state index in [1.807, 2.05) is 0 Å². The number of amides is 2. The minimum atomic E-state index is -1.44. The zero-order valence-corrected chi connectivity index (χ0v) is 13.3. The van der Waals surface area contributed by atoms with Crippen LogP contribution in [0.1, 0.15) is 25.3 Å². The molecule has 0 aliphatic rings. The van der Waals surface area contributed by atoms with Crippen LogP contribution >= 0.6 is 0 Å². The standard InChI is InChI=1S/C16H17FN2O6/c1-9(20)18-13(8-10-2-4-11(17)5-3-10)15(23)19-12(16(24)25)6-7-14(21)22/h2-5,8,12H,6-7H2,1H3,(H,18,20)(H,19,23)(H,21,22)(H,24,25)/b13-8-. The Balaban J connectivity index is 2.98. The van der Waals surface area contributed by atoms with Crippen LogP contribution in [0.4, 0.5) is 4.39 Å². The summed E-state index contributed by atoms with van der Waals surface area (Å²) in [4.78, 5) is 45.2. The number of nitrogens with one attached hydrogen (secondary N) is 2. The van der Waals surface area contributed by atoms with Gasteiger partial charge in [-0.2, -0.15) is 0 Å². The predicted octanol–water partition coefficient (Wildman–Crippen LogP) is 0.737. The van der Waals surface area contributed by atoms with Crippen LogP contribution in [0.3, 0.4) is 0 Å². The third-order valence-corrected chi connectivity index (χ3v) is 2.99. The highest BCUT2D eigenvalue weighted by molar-refractivity contribution is 6.02. The van der Waals surface area contributed by atoms with E-state index < -0.39 is 42.0 Å². The third-order valence-electron chi connectivity index (χ3n) is 2.99. The molecule has 0 saturated heterocycles. The number of hydrogen-bond donors (Lipinski definition) is 4. The number of benzene rings is 1. The van der Waals surface area contributed by atoms with Gasteiger partial charge in [0.2, 0.25) is 5.91 Å². The molecule has 8 nitrogen and oxygen atoms in total. The summed E-state index contributed by atoms with van der Waals surface area (Å²) in [5.74, 6) is -4.57. The van der Waals surface area contributed by atoms with Crippen LogP contribution in [-0.4, -0.2) is 40.0 Å². The fourth-order valence-corrected chi connectivity index (χ4v) is 1.83. The first-order chi connectivity index (χ1) is 11.7. The highest BCUT2D eigenvalue weighted by Crippen LogP contribution is 2.08. The molecule has 0 spiro atoms. The fourth-order valence-electron chi connectivity index (χ4n) is 1.83. The van der Waals surface area contributed by atoms with E-state index in [1.54, 1.807) is 0 Å². The molecule has 0 aliphatic carbocycles. The summed E-state index contributed by atoms with van der Waals surface area (Å²) in [6.07, 6.45) is 0.473. The van der Waals surface area contributed by atoms with Crippen LogP contribution in [0.5, 0.6) is 0 Å². The van der Waals surface area contributed by atoms with Crippen molar-refractivity contribution in [2.75, 3.05) is 0 Å². The van der Waals surface area contributed by atoms with E-state index in [-0.39, 0.29) is 12.1 Å². The van der Waals surface area contributed by atoms with Crippen LogP contribution in [-0.2, 0) is 19.2 Å². The van der Waals surface area contributed by atoms with Crippen molar-refractivity contribution in [2.45, 2.75) is 25.8 Å². The summed E-state index contributed by atoms with van der Waals surface area (Å²) < 4.78 is 12.9. The predicted molar refractivity (Wildman–Crippen MR) is 84.6 cm³/mol. The molecule has 1 atom stereocenters. The maximum atomic E-state index is 12.9. The van der Waals surface area contributed by atoms with Crippen LogP contribution in [0.15, 0.2) is 30.0 Å². The molecule has 1 unspecified atom stereocenters. The molecular weight excluding hydrogens is 335 g/mol. The molecule has 25 heavy (non-hydrogen) atoms. The maximum absolute atomic E-state index is 12.9. The molecule has 1 aromatic carbocycles. The van der Waals surface area contributed by atoms with Crippen molar-refractivity contribution in [3.05, 3.63) is 41.3 Å². The maximum Gasteiger partial charge on any atom is 0.326 e. The van der Waals surface area contributed by atoms with Crippen LogP contribution in [0, 0.1) is 5.82 Å². The van der Waals surface area contributed by atoms with Crippen molar-refractivity contribution in [1.82, 2.24) is 10.6 Å². The highest BCUT2D eigenvalue weighted by Gasteiger charge is 2.23. The molecule has 1 aromatic rings. The second-order valence-electron chi connectivity index (χ2n) is 5.09. The summed E-state index contributed by atoms with van der Waals surface area (Å²) in [5, 5.41) is 22.1. The van der Waals surface area contributed by atoms with Gasteiger partial charge in [-0.25, -0.2) is 9.18 Å². The van der Waals surface area contributed by atoms with E-state index in [0.29, 0.717) is 5.56 Å². The minimum Gasteiger partial charge on any atom is -0.481 e. The number of aliphatic carboxylic acids is 2. The van der Waals surface area contributed by atoms with Gasteiger partial charge in [-0.05, 0) is 30.2 Å². The average Bonchev–Trinajstić information content (AvgIpc) is 2.51.